The van der Waals surface area contributed by atoms with E-state index in [-0.39, 0.29) is 0 Å². The number of nitrogens with one attached hydrogen (secondary N) is 1. The van der Waals surface area contributed by atoms with Gasteiger partial charge in [-0.1, -0.05) is 36.8 Å². The second kappa shape index (κ2) is 10.4. The Balaban J connectivity index is 1.00. The third-order valence-corrected chi connectivity index (χ3v) is 7.57. The number of aromatic nitrogens is 1. The van der Waals surface area contributed by atoms with Crippen LogP contribution in [0.1, 0.15) is 86.2 Å². The predicted molar refractivity (Wildman–Crippen MR) is 131 cm³/mol. The fraction of sp³-hybridized carbons (Fsp3) is 0.607. The maximum atomic E-state index is 6.27. The first-order chi connectivity index (χ1) is 15.8. The Bertz CT molecular complexity index is 894. The largest absolute Gasteiger partial charge is 0.377 e. The highest BCUT2D eigenvalue weighted by Crippen LogP contribution is 2.44. The summed E-state index contributed by atoms with van der Waals surface area (Å²) >= 11 is 0. The molecule has 0 amide bonds. The van der Waals surface area contributed by atoms with Gasteiger partial charge in [0.1, 0.15) is 5.82 Å². The highest BCUT2D eigenvalue weighted by Gasteiger charge is 2.31. The number of aryl methyl sites for hydroxylation is 2. The van der Waals surface area contributed by atoms with E-state index >= 15 is 0 Å². The first kappa shape index (κ1) is 21.9. The molecule has 0 radical (unpaired) electrons. The Kier molecular flexibility index (Phi) is 7.09. The van der Waals surface area contributed by atoms with Crippen LogP contribution in [0.5, 0.6) is 0 Å². The zero-order valence-corrected chi connectivity index (χ0v) is 19.7. The van der Waals surface area contributed by atoms with Gasteiger partial charge in [-0.25, -0.2) is 4.98 Å². The van der Waals surface area contributed by atoms with Gasteiger partial charge in [-0.15, -0.1) is 0 Å². The number of unbranched alkanes of at least 4 members (excludes halogenated alkanes) is 2. The van der Waals surface area contributed by atoms with Crippen LogP contribution < -0.4 is 5.32 Å². The molecule has 5 rings (SSSR count). The zero-order chi connectivity index (χ0) is 21.8. The minimum atomic E-state index is 0.402. The van der Waals surface area contributed by atoms with E-state index in [1.54, 1.807) is 11.1 Å². The van der Waals surface area contributed by atoms with Crippen molar-refractivity contribution in [2.24, 2.45) is 0 Å². The summed E-state index contributed by atoms with van der Waals surface area (Å²) in [5.74, 6) is 1.94. The smallest absolute Gasteiger partial charge is 0.129 e. The summed E-state index contributed by atoms with van der Waals surface area (Å²) in [7, 11) is 0. The summed E-state index contributed by atoms with van der Waals surface area (Å²) in [6, 6.07) is 14.1. The molecule has 3 heterocycles. The molecule has 0 spiro atoms. The lowest BCUT2D eigenvalue weighted by atomic mass is 9.97. The van der Waals surface area contributed by atoms with Gasteiger partial charge in [0.25, 0.3) is 0 Å². The first-order valence-electron chi connectivity index (χ1n) is 12.9. The molecule has 2 atom stereocenters. The van der Waals surface area contributed by atoms with Crippen molar-refractivity contribution in [3.8, 4) is 0 Å². The number of hydrogen-bond acceptors (Lipinski definition) is 4. The molecule has 32 heavy (non-hydrogen) atoms. The molecular formula is C28H39N3O. The van der Waals surface area contributed by atoms with E-state index in [1.165, 1.54) is 49.8 Å². The summed E-state index contributed by atoms with van der Waals surface area (Å²) in [5.41, 5.74) is 5.74. The Labute approximate surface area is 193 Å². The molecule has 4 heteroatoms. The van der Waals surface area contributed by atoms with Crippen molar-refractivity contribution in [2.75, 3.05) is 31.6 Å². The standard InChI is InChI=1S/C28H39N3O/c1-21(26-10-4-5-11-27(26)22-12-13-22)31-18-16-25(20-31)32-19-6-2-3-9-24-15-14-23-8-7-17-29-28(23)30-24/h4-5,10-11,14-15,21-22,25H,2-3,6-9,12-13,16-20H2,1H3,(H,29,30)/t21?,25-/m1/s1. The lowest BCUT2D eigenvalue weighted by Gasteiger charge is -2.26. The van der Waals surface area contributed by atoms with Gasteiger partial charge >= 0.3 is 0 Å². The number of fused-ring (bicyclic) bond motifs is 1. The lowest BCUT2D eigenvalue weighted by molar-refractivity contribution is 0.0532. The molecule has 1 saturated heterocycles. The van der Waals surface area contributed by atoms with E-state index in [0.717, 1.165) is 57.2 Å². The van der Waals surface area contributed by atoms with Crippen LogP contribution in [-0.4, -0.2) is 42.2 Å². The summed E-state index contributed by atoms with van der Waals surface area (Å²) in [4.78, 5) is 7.44. The van der Waals surface area contributed by atoms with E-state index < -0.39 is 0 Å². The van der Waals surface area contributed by atoms with Crippen molar-refractivity contribution in [2.45, 2.75) is 82.8 Å². The van der Waals surface area contributed by atoms with Gasteiger partial charge < -0.3 is 10.1 Å². The average Bonchev–Trinajstić information content (AvgIpc) is 3.58. The molecule has 1 saturated carbocycles. The van der Waals surface area contributed by atoms with Gasteiger partial charge in [0.2, 0.25) is 0 Å². The van der Waals surface area contributed by atoms with Crippen molar-refractivity contribution in [1.82, 2.24) is 9.88 Å². The number of pyridine rings is 1. The fourth-order valence-electron chi connectivity index (χ4n) is 5.44. The van der Waals surface area contributed by atoms with Crippen LogP contribution >= 0.6 is 0 Å². The van der Waals surface area contributed by atoms with Crippen molar-refractivity contribution in [1.29, 1.82) is 0 Å². The Morgan fingerprint density at radius 1 is 1.09 bits per heavy atom. The third-order valence-electron chi connectivity index (χ3n) is 7.57. The van der Waals surface area contributed by atoms with Crippen molar-refractivity contribution < 1.29 is 4.74 Å². The van der Waals surface area contributed by atoms with Crippen LogP contribution in [0.3, 0.4) is 0 Å². The SMILES string of the molecule is CC(c1ccccc1C1CC1)N1CC[C@@H](OCCCCCc2ccc3c(n2)NCCC3)C1. The zero-order valence-electron chi connectivity index (χ0n) is 19.7. The van der Waals surface area contributed by atoms with Gasteiger partial charge in [0, 0.05) is 38.0 Å². The van der Waals surface area contributed by atoms with Crippen LogP contribution in [0.15, 0.2) is 36.4 Å². The molecule has 0 bridgehead atoms. The number of nitrogens with zero attached hydrogens (tertiary/aromatic N) is 2. The minimum Gasteiger partial charge on any atom is -0.377 e. The van der Waals surface area contributed by atoms with Gasteiger partial charge in [-0.05, 0) is 87.0 Å². The summed E-state index contributed by atoms with van der Waals surface area (Å²) in [6.07, 6.45) is 11.3. The number of benzene rings is 1. The normalized spacial score (nSPS) is 21.8. The number of hydrogen-bond donors (Lipinski definition) is 1. The number of likely N-dealkylation sites (tertiary alicyclic amines) is 1. The topological polar surface area (TPSA) is 37.4 Å². The van der Waals surface area contributed by atoms with Gasteiger partial charge in [0.05, 0.1) is 6.10 Å². The first-order valence-corrected chi connectivity index (χ1v) is 12.9. The van der Waals surface area contributed by atoms with Crippen molar-refractivity contribution in [3.63, 3.8) is 0 Å². The van der Waals surface area contributed by atoms with Crippen LogP contribution in [0.25, 0.3) is 0 Å². The van der Waals surface area contributed by atoms with Gasteiger partial charge in [0.15, 0.2) is 0 Å². The molecule has 4 nitrogen and oxygen atoms in total. The maximum Gasteiger partial charge on any atom is 0.129 e. The summed E-state index contributed by atoms with van der Waals surface area (Å²) < 4.78 is 6.27. The molecule has 3 aliphatic rings. The summed E-state index contributed by atoms with van der Waals surface area (Å²) in [5, 5.41) is 3.44. The minimum absolute atomic E-state index is 0.402. The number of rotatable bonds is 10. The van der Waals surface area contributed by atoms with E-state index in [9.17, 15) is 0 Å². The quantitative estimate of drug-likeness (QED) is 0.475. The van der Waals surface area contributed by atoms with Crippen molar-refractivity contribution in [3.05, 3.63) is 58.8 Å². The monoisotopic (exact) mass is 433 g/mol. The van der Waals surface area contributed by atoms with E-state index in [1.807, 2.05) is 0 Å². The summed E-state index contributed by atoms with van der Waals surface area (Å²) in [6.45, 7) is 6.57. The van der Waals surface area contributed by atoms with Gasteiger partial charge in [-0.3, -0.25) is 4.90 Å². The van der Waals surface area contributed by atoms with Crippen LogP contribution in [0, 0.1) is 0 Å². The molecule has 1 N–H and O–H groups in total. The highest BCUT2D eigenvalue weighted by atomic mass is 16.5. The average molecular weight is 434 g/mol. The highest BCUT2D eigenvalue weighted by molar-refractivity contribution is 5.47. The second-order valence-electron chi connectivity index (χ2n) is 10.0. The van der Waals surface area contributed by atoms with E-state index in [4.69, 9.17) is 9.72 Å². The molecule has 2 aromatic rings. The van der Waals surface area contributed by atoms with Crippen LogP contribution in [-0.2, 0) is 17.6 Å². The fourth-order valence-corrected chi connectivity index (χ4v) is 5.44. The van der Waals surface area contributed by atoms with Crippen LogP contribution in [0.4, 0.5) is 5.82 Å². The molecule has 1 aromatic heterocycles. The molecule has 2 aliphatic heterocycles. The number of ether oxygens (including phenoxy) is 1. The third kappa shape index (κ3) is 5.35. The maximum absolute atomic E-state index is 6.27. The molecule has 1 aromatic carbocycles. The number of anilines is 1. The Morgan fingerprint density at radius 3 is 2.91 bits per heavy atom. The molecule has 1 aliphatic carbocycles. The second-order valence-corrected chi connectivity index (χ2v) is 10.0. The molecule has 172 valence electrons. The Hall–Kier alpha value is -1.91. The lowest BCUT2D eigenvalue weighted by Crippen LogP contribution is -2.27. The van der Waals surface area contributed by atoms with Crippen LogP contribution in [0.2, 0.25) is 0 Å². The predicted octanol–water partition coefficient (Wildman–Crippen LogP) is 5.88. The molecule has 1 unspecified atom stereocenters. The molecule has 2 fully saturated rings. The van der Waals surface area contributed by atoms with Crippen molar-refractivity contribution >= 4 is 5.82 Å². The molecular weight excluding hydrogens is 394 g/mol. The van der Waals surface area contributed by atoms with Gasteiger partial charge in [-0.2, -0.15) is 0 Å². The van der Waals surface area contributed by atoms with E-state index in [0.29, 0.717) is 12.1 Å². The van der Waals surface area contributed by atoms with E-state index in [2.05, 4.69) is 53.5 Å². The Morgan fingerprint density at radius 2 is 2.00 bits per heavy atom.